The second-order valence-corrected chi connectivity index (χ2v) is 10.2. The van der Waals surface area contributed by atoms with Crippen molar-refractivity contribution in [3.63, 3.8) is 0 Å². The van der Waals surface area contributed by atoms with E-state index in [-0.39, 0.29) is 6.42 Å². The van der Waals surface area contributed by atoms with E-state index in [2.05, 4.69) is 4.72 Å². The number of hydrogen-bond donors (Lipinski definition) is 1. The predicted octanol–water partition coefficient (Wildman–Crippen LogP) is 4.55. The largest absolute Gasteiger partial charge is 0.496 e. The quantitative estimate of drug-likeness (QED) is 0.629. The van der Waals surface area contributed by atoms with Crippen LogP contribution in [-0.4, -0.2) is 45.7 Å². The number of anilines is 1. The number of benzene rings is 1. The number of methoxy groups -OCH3 is 1. The van der Waals surface area contributed by atoms with Crippen LogP contribution in [-0.2, 0) is 20.9 Å². The van der Waals surface area contributed by atoms with Crippen molar-refractivity contribution in [2.75, 3.05) is 18.6 Å². The molecular weight excluding hydrogens is 463 g/mol. The molecule has 182 valence electrons. The zero-order chi connectivity index (χ0) is 24.7. The number of sulfonamides is 1. The number of rotatable bonds is 4. The van der Waals surface area contributed by atoms with Crippen LogP contribution in [0.25, 0.3) is 0 Å². The van der Waals surface area contributed by atoms with Gasteiger partial charge in [0, 0.05) is 25.1 Å². The van der Waals surface area contributed by atoms with Crippen LogP contribution in [0.4, 0.5) is 32.4 Å². The molecule has 0 saturated carbocycles. The molecule has 0 aromatic heterocycles. The Morgan fingerprint density at radius 3 is 2.22 bits per heavy atom. The lowest BCUT2D eigenvalue weighted by Crippen LogP contribution is -2.45. The second kappa shape index (κ2) is 8.65. The summed E-state index contributed by atoms with van der Waals surface area (Å²) in [5, 5.41) is 0. The van der Waals surface area contributed by atoms with Crippen molar-refractivity contribution < 1.29 is 44.6 Å². The van der Waals surface area contributed by atoms with Gasteiger partial charge >= 0.3 is 12.3 Å². The third-order valence-electron chi connectivity index (χ3n) is 4.44. The number of amides is 1. The maximum absolute atomic E-state index is 13.6. The van der Waals surface area contributed by atoms with Gasteiger partial charge in [0.2, 0.25) is 15.9 Å². The van der Waals surface area contributed by atoms with Gasteiger partial charge in [0.1, 0.15) is 16.2 Å². The van der Waals surface area contributed by atoms with Gasteiger partial charge < -0.3 is 9.47 Å². The summed E-state index contributed by atoms with van der Waals surface area (Å²) < 4.78 is 105. The molecule has 0 spiro atoms. The van der Waals surface area contributed by atoms with Gasteiger partial charge in [-0.15, -0.1) is 0 Å². The standard InChI is InChI=1S/C19H25F5N2O5S/c1-17(2,3)31-16(27)26-10-11(6-7-18(4,20)21)25-32(28,29)15-9-14(30-5)12(8-13(15)26)19(22,23)24/h8-9,11,25H,6-7,10H2,1-5H3. The topological polar surface area (TPSA) is 84.9 Å². The average Bonchev–Trinajstić information content (AvgIpc) is 2.70. The molecule has 0 bridgehead atoms. The minimum Gasteiger partial charge on any atom is -0.496 e. The first kappa shape index (κ1) is 26.1. The van der Waals surface area contributed by atoms with Crippen LogP contribution in [0.15, 0.2) is 17.0 Å². The molecule has 1 amide bonds. The molecule has 1 aliphatic rings. The highest BCUT2D eigenvalue weighted by atomic mass is 32.2. The van der Waals surface area contributed by atoms with Crippen LogP contribution in [0, 0.1) is 0 Å². The van der Waals surface area contributed by atoms with Crippen molar-refractivity contribution in [3.8, 4) is 5.75 Å². The summed E-state index contributed by atoms with van der Waals surface area (Å²) in [5.41, 5.74) is -2.95. The van der Waals surface area contributed by atoms with E-state index in [9.17, 15) is 35.2 Å². The monoisotopic (exact) mass is 488 g/mol. The molecule has 13 heteroatoms. The summed E-state index contributed by atoms with van der Waals surface area (Å²) in [6.45, 7) is 4.69. The van der Waals surface area contributed by atoms with Crippen LogP contribution < -0.4 is 14.4 Å². The minimum absolute atomic E-state index is 0.376. The van der Waals surface area contributed by atoms with Crippen molar-refractivity contribution in [2.45, 2.75) is 69.2 Å². The van der Waals surface area contributed by atoms with Crippen LogP contribution in [0.3, 0.4) is 0 Å². The molecule has 1 aromatic rings. The van der Waals surface area contributed by atoms with Gasteiger partial charge in [-0.25, -0.2) is 26.7 Å². The van der Waals surface area contributed by atoms with Gasteiger partial charge in [0.05, 0.1) is 18.4 Å². The lowest BCUT2D eigenvalue weighted by atomic mass is 10.1. The summed E-state index contributed by atoms with van der Waals surface area (Å²) >= 11 is 0. The molecule has 1 heterocycles. The maximum Gasteiger partial charge on any atom is 0.420 e. The summed E-state index contributed by atoms with van der Waals surface area (Å²) in [6.07, 6.45) is -7.13. The van der Waals surface area contributed by atoms with E-state index in [0.717, 1.165) is 7.11 Å². The number of carbonyl (C=O) groups is 1. The van der Waals surface area contributed by atoms with Gasteiger partial charge in [-0.2, -0.15) is 13.2 Å². The number of carbonyl (C=O) groups excluding carboxylic acids is 1. The summed E-state index contributed by atoms with van der Waals surface area (Å²) in [4.78, 5) is 12.9. The summed E-state index contributed by atoms with van der Waals surface area (Å²) in [7, 11) is -3.56. The fraction of sp³-hybridized carbons (Fsp3) is 0.632. The minimum atomic E-state index is -4.92. The van der Waals surface area contributed by atoms with E-state index in [0.29, 0.717) is 24.0 Å². The number of nitrogens with one attached hydrogen (secondary N) is 1. The van der Waals surface area contributed by atoms with Crippen LogP contribution in [0.5, 0.6) is 5.75 Å². The molecular formula is C19H25F5N2O5S. The Bertz CT molecular complexity index is 968. The van der Waals surface area contributed by atoms with E-state index in [4.69, 9.17) is 9.47 Å². The second-order valence-electron chi connectivity index (χ2n) is 8.54. The first-order valence-electron chi connectivity index (χ1n) is 9.54. The Hall–Kier alpha value is -2.15. The molecule has 1 atom stereocenters. The molecule has 2 rings (SSSR count). The van der Waals surface area contributed by atoms with Crippen LogP contribution in [0.1, 0.15) is 46.1 Å². The highest BCUT2D eigenvalue weighted by Gasteiger charge is 2.41. The maximum atomic E-state index is 13.6. The number of alkyl halides is 5. The lowest BCUT2D eigenvalue weighted by molar-refractivity contribution is -0.138. The Morgan fingerprint density at radius 2 is 1.75 bits per heavy atom. The average molecular weight is 488 g/mol. The van der Waals surface area contributed by atoms with Crippen molar-refractivity contribution >= 4 is 21.8 Å². The zero-order valence-electron chi connectivity index (χ0n) is 18.1. The van der Waals surface area contributed by atoms with Gasteiger partial charge in [0.25, 0.3) is 0 Å². The number of ether oxygens (including phenoxy) is 2. The third-order valence-corrected chi connectivity index (χ3v) is 5.99. The third kappa shape index (κ3) is 6.44. The first-order chi connectivity index (χ1) is 14.3. The van der Waals surface area contributed by atoms with Crippen molar-refractivity contribution in [2.24, 2.45) is 0 Å². The number of hydrogen-bond acceptors (Lipinski definition) is 5. The normalized spacial score (nSPS) is 19.2. The van der Waals surface area contributed by atoms with E-state index in [1.165, 1.54) is 20.8 Å². The molecule has 0 aliphatic carbocycles. The SMILES string of the molecule is COc1cc2c(cc1C(F)(F)F)N(C(=O)OC(C)(C)C)CC(CCC(C)(F)F)NS2(=O)=O. The van der Waals surface area contributed by atoms with Crippen molar-refractivity contribution in [1.29, 1.82) is 0 Å². The lowest BCUT2D eigenvalue weighted by Gasteiger charge is -2.29. The smallest absolute Gasteiger partial charge is 0.420 e. The van der Waals surface area contributed by atoms with Gasteiger partial charge in [-0.3, -0.25) is 4.90 Å². The first-order valence-corrected chi connectivity index (χ1v) is 11.0. The Kier molecular flexibility index (Phi) is 7.06. The fourth-order valence-electron chi connectivity index (χ4n) is 3.07. The van der Waals surface area contributed by atoms with E-state index in [1.54, 1.807) is 0 Å². The Balaban J connectivity index is 2.69. The van der Waals surface area contributed by atoms with Gasteiger partial charge in [-0.1, -0.05) is 0 Å². The predicted molar refractivity (Wildman–Crippen MR) is 106 cm³/mol. The summed E-state index contributed by atoms with van der Waals surface area (Å²) in [6, 6.07) is -0.0749. The fourth-order valence-corrected chi connectivity index (χ4v) is 4.54. The number of fused-ring (bicyclic) bond motifs is 1. The van der Waals surface area contributed by atoms with E-state index < -0.39 is 74.7 Å². The molecule has 0 radical (unpaired) electrons. The highest BCUT2D eigenvalue weighted by molar-refractivity contribution is 7.89. The van der Waals surface area contributed by atoms with E-state index >= 15 is 0 Å². The molecule has 1 aliphatic heterocycles. The van der Waals surface area contributed by atoms with Crippen molar-refractivity contribution in [1.82, 2.24) is 4.72 Å². The molecule has 1 aromatic carbocycles. The van der Waals surface area contributed by atoms with E-state index in [1.807, 2.05) is 0 Å². The van der Waals surface area contributed by atoms with Crippen LogP contribution in [0.2, 0.25) is 0 Å². The summed E-state index contributed by atoms with van der Waals surface area (Å²) in [5.74, 6) is -3.89. The zero-order valence-corrected chi connectivity index (χ0v) is 19.0. The Morgan fingerprint density at radius 1 is 1.16 bits per heavy atom. The molecule has 32 heavy (non-hydrogen) atoms. The molecule has 1 unspecified atom stereocenters. The van der Waals surface area contributed by atoms with Gasteiger partial charge in [0.15, 0.2) is 0 Å². The molecule has 0 saturated heterocycles. The number of nitrogens with zero attached hydrogens (tertiary/aromatic N) is 1. The molecule has 7 nitrogen and oxygen atoms in total. The highest BCUT2D eigenvalue weighted by Crippen LogP contribution is 2.43. The number of halogens is 5. The van der Waals surface area contributed by atoms with Crippen LogP contribution >= 0.6 is 0 Å². The van der Waals surface area contributed by atoms with Crippen molar-refractivity contribution in [3.05, 3.63) is 17.7 Å². The molecule has 1 N–H and O–H groups in total. The van der Waals surface area contributed by atoms with Gasteiger partial charge in [-0.05, 0) is 40.2 Å². The molecule has 0 fully saturated rings. The Labute approximate surface area is 182 Å².